The molecule has 1 saturated heterocycles. The molecular weight excluding hydrogens is 176 g/mol. The number of nitrogens with one attached hydrogen (secondary N) is 1. The van der Waals surface area contributed by atoms with Gasteiger partial charge in [0.25, 0.3) is 0 Å². The van der Waals surface area contributed by atoms with Gasteiger partial charge in [-0.25, -0.2) is 8.78 Å². The van der Waals surface area contributed by atoms with Crippen molar-refractivity contribution in [2.75, 3.05) is 19.7 Å². The maximum Gasteiger partial charge on any atom is 0.248 e. The predicted octanol–water partition coefficient (Wildman–Crippen LogP) is 1.41. The Morgan fingerprint density at radius 3 is 2.38 bits per heavy atom. The predicted molar refractivity (Wildman–Crippen MR) is 44.9 cm³/mol. The van der Waals surface area contributed by atoms with Crippen molar-refractivity contribution in [2.24, 2.45) is 5.92 Å². The Morgan fingerprint density at radius 1 is 1.38 bits per heavy atom. The van der Waals surface area contributed by atoms with Gasteiger partial charge in [0, 0.05) is 25.9 Å². The topological polar surface area (TPSA) is 21.3 Å². The molecule has 0 spiro atoms. The van der Waals surface area contributed by atoms with E-state index in [1.54, 1.807) is 0 Å². The number of ether oxygens (including phenoxy) is 1. The molecule has 0 unspecified atom stereocenters. The molecule has 1 aliphatic carbocycles. The first kappa shape index (κ1) is 9.34. The van der Waals surface area contributed by atoms with Crippen LogP contribution in [0.1, 0.15) is 19.8 Å². The molecule has 0 aromatic rings. The average molecular weight is 191 g/mol. The lowest BCUT2D eigenvalue weighted by molar-refractivity contribution is -0.156. The van der Waals surface area contributed by atoms with Gasteiger partial charge < -0.3 is 10.1 Å². The molecule has 13 heavy (non-hydrogen) atoms. The normalized spacial score (nSPS) is 30.7. The van der Waals surface area contributed by atoms with Gasteiger partial charge in [0.15, 0.2) is 0 Å². The molecule has 2 nitrogen and oxygen atoms in total. The summed E-state index contributed by atoms with van der Waals surface area (Å²) in [7, 11) is 0. The van der Waals surface area contributed by atoms with Crippen LogP contribution in [0.5, 0.6) is 0 Å². The lowest BCUT2D eigenvalue weighted by Gasteiger charge is -2.42. The third-order valence-electron chi connectivity index (χ3n) is 2.84. The Hall–Kier alpha value is -0.220. The van der Waals surface area contributed by atoms with Crippen molar-refractivity contribution in [1.82, 2.24) is 5.32 Å². The first-order valence-corrected chi connectivity index (χ1v) is 4.72. The summed E-state index contributed by atoms with van der Waals surface area (Å²) >= 11 is 0. The highest BCUT2D eigenvalue weighted by molar-refractivity contribution is 4.92. The van der Waals surface area contributed by atoms with E-state index in [4.69, 9.17) is 4.74 Å². The van der Waals surface area contributed by atoms with Gasteiger partial charge in [-0.1, -0.05) is 0 Å². The monoisotopic (exact) mass is 191 g/mol. The molecule has 0 amide bonds. The molecule has 2 rings (SSSR count). The Kier molecular flexibility index (Phi) is 2.07. The highest BCUT2D eigenvalue weighted by Gasteiger charge is 2.46. The first-order chi connectivity index (χ1) is 5.99. The van der Waals surface area contributed by atoms with Crippen LogP contribution in [-0.2, 0) is 4.74 Å². The van der Waals surface area contributed by atoms with Crippen LogP contribution in [0.15, 0.2) is 0 Å². The highest BCUT2D eigenvalue weighted by atomic mass is 19.3. The summed E-state index contributed by atoms with van der Waals surface area (Å²) in [6.07, 6.45) is 0.0209. The molecule has 0 bridgehead atoms. The summed E-state index contributed by atoms with van der Waals surface area (Å²) in [6.45, 7) is 4.19. The molecule has 0 aromatic heterocycles. The van der Waals surface area contributed by atoms with Crippen molar-refractivity contribution in [2.45, 2.75) is 31.3 Å². The second-order valence-electron chi connectivity index (χ2n) is 4.49. The van der Waals surface area contributed by atoms with E-state index < -0.39 is 5.92 Å². The van der Waals surface area contributed by atoms with Gasteiger partial charge >= 0.3 is 0 Å². The number of halogens is 2. The number of hydrogen-bond acceptors (Lipinski definition) is 2. The van der Waals surface area contributed by atoms with Crippen LogP contribution in [-0.4, -0.2) is 31.2 Å². The molecule has 0 radical (unpaired) electrons. The summed E-state index contributed by atoms with van der Waals surface area (Å²) in [5.74, 6) is -2.33. The van der Waals surface area contributed by atoms with Gasteiger partial charge in [0.2, 0.25) is 5.92 Å². The van der Waals surface area contributed by atoms with Crippen molar-refractivity contribution in [3.05, 3.63) is 0 Å². The SMILES string of the molecule is CC1(OCC2CC(F)(F)C2)CNC1. The zero-order valence-corrected chi connectivity index (χ0v) is 7.78. The number of rotatable bonds is 3. The van der Waals surface area contributed by atoms with E-state index in [9.17, 15) is 8.78 Å². The van der Waals surface area contributed by atoms with E-state index in [1.807, 2.05) is 6.92 Å². The van der Waals surface area contributed by atoms with Crippen LogP contribution in [0.3, 0.4) is 0 Å². The zero-order valence-electron chi connectivity index (χ0n) is 7.78. The molecule has 1 aliphatic heterocycles. The molecule has 76 valence electrons. The Labute approximate surface area is 76.6 Å². The lowest BCUT2D eigenvalue weighted by Crippen LogP contribution is -2.59. The summed E-state index contributed by atoms with van der Waals surface area (Å²) in [6, 6.07) is 0. The van der Waals surface area contributed by atoms with E-state index in [2.05, 4.69) is 5.32 Å². The van der Waals surface area contributed by atoms with Crippen LogP contribution in [0.4, 0.5) is 8.78 Å². The lowest BCUT2D eigenvalue weighted by atomic mass is 9.82. The van der Waals surface area contributed by atoms with Crippen molar-refractivity contribution in [3.8, 4) is 0 Å². The quantitative estimate of drug-likeness (QED) is 0.728. The van der Waals surface area contributed by atoms with Gasteiger partial charge in [-0.3, -0.25) is 0 Å². The summed E-state index contributed by atoms with van der Waals surface area (Å²) in [5.41, 5.74) is -0.0924. The Bertz CT molecular complexity index is 196. The highest BCUT2D eigenvalue weighted by Crippen LogP contribution is 2.42. The van der Waals surface area contributed by atoms with Crippen LogP contribution in [0.2, 0.25) is 0 Å². The average Bonchev–Trinajstić information content (AvgIpc) is 1.93. The zero-order chi connectivity index (χ0) is 9.53. The summed E-state index contributed by atoms with van der Waals surface area (Å²) in [4.78, 5) is 0. The van der Waals surface area contributed by atoms with E-state index in [0.29, 0.717) is 6.61 Å². The second-order valence-corrected chi connectivity index (χ2v) is 4.49. The Balaban J connectivity index is 1.65. The van der Waals surface area contributed by atoms with Gasteiger partial charge in [-0.15, -0.1) is 0 Å². The van der Waals surface area contributed by atoms with Gasteiger partial charge in [-0.2, -0.15) is 0 Å². The summed E-state index contributed by atoms with van der Waals surface area (Å²) in [5, 5.41) is 3.10. The second kappa shape index (κ2) is 2.89. The standard InChI is InChI=1S/C9H15F2NO/c1-8(5-12-6-8)13-4-7-2-9(10,11)3-7/h7,12H,2-6H2,1H3. The molecule has 1 saturated carbocycles. The molecule has 0 aromatic carbocycles. The fourth-order valence-corrected chi connectivity index (χ4v) is 1.80. The van der Waals surface area contributed by atoms with E-state index in [1.165, 1.54) is 0 Å². The van der Waals surface area contributed by atoms with Crippen molar-refractivity contribution in [3.63, 3.8) is 0 Å². The van der Waals surface area contributed by atoms with E-state index in [0.717, 1.165) is 13.1 Å². The minimum absolute atomic E-state index is 0.0104. The Morgan fingerprint density at radius 2 is 2.00 bits per heavy atom. The minimum Gasteiger partial charge on any atom is -0.372 e. The van der Waals surface area contributed by atoms with Crippen molar-refractivity contribution >= 4 is 0 Å². The smallest absolute Gasteiger partial charge is 0.248 e. The molecule has 4 heteroatoms. The molecule has 2 aliphatic rings. The third-order valence-corrected chi connectivity index (χ3v) is 2.84. The van der Waals surface area contributed by atoms with Crippen molar-refractivity contribution in [1.29, 1.82) is 0 Å². The molecule has 1 N–H and O–H groups in total. The van der Waals surface area contributed by atoms with Gasteiger partial charge in [0.1, 0.15) is 0 Å². The molecule has 1 heterocycles. The number of alkyl halides is 2. The molecule has 0 atom stereocenters. The van der Waals surface area contributed by atoms with Gasteiger partial charge in [0.05, 0.1) is 12.2 Å². The van der Waals surface area contributed by atoms with Crippen LogP contribution in [0.25, 0.3) is 0 Å². The minimum atomic E-state index is -2.41. The fourth-order valence-electron chi connectivity index (χ4n) is 1.80. The van der Waals surface area contributed by atoms with E-state index >= 15 is 0 Å². The maximum absolute atomic E-state index is 12.4. The fraction of sp³-hybridized carbons (Fsp3) is 1.00. The molecular formula is C9H15F2NO. The van der Waals surface area contributed by atoms with Crippen LogP contribution < -0.4 is 5.32 Å². The van der Waals surface area contributed by atoms with Gasteiger partial charge in [-0.05, 0) is 12.8 Å². The molecule has 2 fully saturated rings. The first-order valence-electron chi connectivity index (χ1n) is 4.72. The van der Waals surface area contributed by atoms with Crippen LogP contribution in [0, 0.1) is 5.92 Å². The third kappa shape index (κ3) is 1.99. The number of hydrogen-bond donors (Lipinski definition) is 1. The largest absolute Gasteiger partial charge is 0.372 e. The van der Waals surface area contributed by atoms with Crippen molar-refractivity contribution < 1.29 is 13.5 Å². The van der Waals surface area contributed by atoms with Crippen LogP contribution >= 0.6 is 0 Å². The van der Waals surface area contributed by atoms with E-state index in [-0.39, 0.29) is 24.4 Å². The summed E-state index contributed by atoms with van der Waals surface area (Å²) < 4.78 is 30.4. The maximum atomic E-state index is 12.4.